The van der Waals surface area contributed by atoms with E-state index < -0.39 is 18.2 Å². The molecule has 0 bridgehead atoms. The summed E-state index contributed by atoms with van der Waals surface area (Å²) in [5.74, 6) is -1.05. The summed E-state index contributed by atoms with van der Waals surface area (Å²) in [6.45, 7) is 6.60. The molecule has 0 spiro atoms. The van der Waals surface area contributed by atoms with Crippen LogP contribution in [0.4, 0.5) is 10.1 Å². The normalized spacial score (nSPS) is 15.8. The molecule has 0 unspecified atom stereocenters. The lowest BCUT2D eigenvalue weighted by molar-refractivity contribution is -0.160. The molecule has 1 aromatic heterocycles. The van der Waals surface area contributed by atoms with Gasteiger partial charge in [0, 0.05) is 36.3 Å². The molecule has 0 saturated carbocycles. The summed E-state index contributed by atoms with van der Waals surface area (Å²) >= 11 is 0. The number of aromatic nitrogens is 1. The van der Waals surface area contributed by atoms with Gasteiger partial charge in [-0.1, -0.05) is 98.3 Å². The number of rotatable bonds is 8. The highest BCUT2D eigenvalue weighted by atomic mass is 19.1. The lowest BCUT2D eigenvalue weighted by atomic mass is 9.94. The Hall–Kier alpha value is -5.01. The SMILES string of the molecule is CC(C)c1c(C(=O)Nc2ccccc2)c(-c2ccccc2)c(-c2ccc(F)cc2)n1CC[C@H]1C[C@H](O)CC(=O)O1.Cc1ccccc1. The van der Waals surface area contributed by atoms with Crippen molar-refractivity contribution in [3.05, 3.63) is 138 Å². The summed E-state index contributed by atoms with van der Waals surface area (Å²) in [6.07, 6.45) is -0.354. The van der Waals surface area contributed by atoms with Gasteiger partial charge in [0.15, 0.2) is 0 Å². The number of amides is 1. The van der Waals surface area contributed by atoms with Gasteiger partial charge in [0.1, 0.15) is 11.9 Å². The number of cyclic esters (lactones) is 1. The number of esters is 1. The van der Waals surface area contributed by atoms with Gasteiger partial charge in [0.25, 0.3) is 5.91 Å². The van der Waals surface area contributed by atoms with Crippen molar-refractivity contribution in [3.8, 4) is 22.4 Å². The first kappa shape index (κ1) is 33.4. The molecule has 0 radical (unpaired) electrons. The fourth-order valence-corrected chi connectivity index (χ4v) is 6.05. The number of hydrogen-bond acceptors (Lipinski definition) is 4. The Bertz CT molecular complexity index is 1770. The van der Waals surface area contributed by atoms with Gasteiger partial charge in [-0.2, -0.15) is 0 Å². The van der Waals surface area contributed by atoms with Crippen LogP contribution in [0.5, 0.6) is 0 Å². The first-order valence-corrected chi connectivity index (χ1v) is 16.0. The lowest BCUT2D eigenvalue weighted by Crippen LogP contribution is -2.33. The first-order chi connectivity index (χ1) is 22.7. The average Bonchev–Trinajstić information content (AvgIpc) is 3.41. The molecule has 242 valence electrons. The summed E-state index contributed by atoms with van der Waals surface area (Å²) < 4.78 is 21.7. The number of aliphatic hydroxyl groups excluding tert-OH is 1. The van der Waals surface area contributed by atoms with E-state index in [-0.39, 0.29) is 24.1 Å². The molecule has 6 rings (SSSR count). The number of ether oxygens (including phenoxy) is 1. The van der Waals surface area contributed by atoms with Crippen LogP contribution >= 0.6 is 0 Å². The zero-order valence-corrected chi connectivity index (χ0v) is 27.0. The number of para-hydroxylation sites is 1. The molecule has 2 heterocycles. The molecule has 0 aliphatic carbocycles. The van der Waals surface area contributed by atoms with Gasteiger partial charge in [-0.3, -0.25) is 9.59 Å². The second-order valence-electron chi connectivity index (χ2n) is 12.1. The van der Waals surface area contributed by atoms with Crippen molar-refractivity contribution in [1.82, 2.24) is 4.57 Å². The van der Waals surface area contributed by atoms with E-state index in [2.05, 4.69) is 28.9 Å². The molecule has 7 heteroatoms. The highest BCUT2D eigenvalue weighted by Crippen LogP contribution is 2.43. The molecule has 2 atom stereocenters. The second kappa shape index (κ2) is 15.5. The quantitative estimate of drug-likeness (QED) is 0.168. The van der Waals surface area contributed by atoms with E-state index in [0.717, 1.165) is 28.1 Å². The minimum atomic E-state index is -0.732. The number of aryl methyl sites for hydroxylation is 1. The molecule has 4 aromatic carbocycles. The largest absolute Gasteiger partial charge is 0.462 e. The van der Waals surface area contributed by atoms with Crippen molar-refractivity contribution < 1.29 is 23.8 Å². The van der Waals surface area contributed by atoms with Crippen LogP contribution in [0.25, 0.3) is 22.4 Å². The Balaban J connectivity index is 0.000000549. The Kier molecular flexibility index (Phi) is 11.0. The molecule has 6 nitrogen and oxygen atoms in total. The van der Waals surface area contributed by atoms with E-state index in [1.54, 1.807) is 12.1 Å². The Morgan fingerprint density at radius 1 is 0.894 bits per heavy atom. The van der Waals surface area contributed by atoms with E-state index in [9.17, 15) is 19.1 Å². The van der Waals surface area contributed by atoms with E-state index in [0.29, 0.717) is 30.6 Å². The van der Waals surface area contributed by atoms with Gasteiger partial charge >= 0.3 is 5.97 Å². The van der Waals surface area contributed by atoms with Crippen LogP contribution in [0.15, 0.2) is 115 Å². The number of anilines is 1. The maximum atomic E-state index is 14.1. The summed E-state index contributed by atoms with van der Waals surface area (Å²) in [5, 5.41) is 13.2. The topological polar surface area (TPSA) is 80.6 Å². The smallest absolute Gasteiger partial charge is 0.308 e. The zero-order chi connectivity index (χ0) is 33.3. The van der Waals surface area contributed by atoms with E-state index in [1.165, 1.54) is 17.7 Å². The molecule has 1 aliphatic rings. The highest BCUT2D eigenvalue weighted by Gasteiger charge is 2.32. The third-order valence-corrected chi connectivity index (χ3v) is 8.14. The van der Waals surface area contributed by atoms with Gasteiger partial charge in [0.05, 0.1) is 23.8 Å². The number of carbonyl (C=O) groups is 2. The second-order valence-corrected chi connectivity index (χ2v) is 12.1. The van der Waals surface area contributed by atoms with Crippen LogP contribution in [-0.2, 0) is 16.1 Å². The summed E-state index contributed by atoms with van der Waals surface area (Å²) in [5.41, 5.74) is 6.55. The van der Waals surface area contributed by atoms with E-state index >= 15 is 0 Å². The molecule has 1 amide bonds. The lowest BCUT2D eigenvalue weighted by Gasteiger charge is -2.27. The van der Waals surface area contributed by atoms with Crippen molar-refractivity contribution in [2.24, 2.45) is 0 Å². The zero-order valence-electron chi connectivity index (χ0n) is 27.0. The third kappa shape index (κ3) is 8.43. The predicted molar refractivity (Wildman–Crippen MR) is 185 cm³/mol. The number of carbonyl (C=O) groups excluding carboxylic acids is 2. The Morgan fingerprint density at radius 3 is 2.04 bits per heavy atom. The average molecular weight is 633 g/mol. The third-order valence-electron chi connectivity index (χ3n) is 8.14. The Labute approximate surface area is 275 Å². The van der Waals surface area contributed by atoms with Gasteiger partial charge in [0.2, 0.25) is 0 Å². The maximum Gasteiger partial charge on any atom is 0.308 e. The van der Waals surface area contributed by atoms with Crippen molar-refractivity contribution in [2.75, 3.05) is 5.32 Å². The van der Waals surface area contributed by atoms with E-state index in [1.807, 2.05) is 92.7 Å². The van der Waals surface area contributed by atoms with Crippen molar-refractivity contribution >= 4 is 17.6 Å². The van der Waals surface area contributed by atoms with Gasteiger partial charge in [-0.05, 0) is 60.4 Å². The van der Waals surface area contributed by atoms with Crippen molar-refractivity contribution in [2.45, 2.75) is 64.7 Å². The molecule has 47 heavy (non-hydrogen) atoms. The maximum absolute atomic E-state index is 14.1. The van der Waals surface area contributed by atoms with Gasteiger partial charge < -0.3 is 19.7 Å². The van der Waals surface area contributed by atoms with Crippen molar-refractivity contribution in [1.29, 1.82) is 0 Å². The number of hydrogen-bond donors (Lipinski definition) is 2. The molecule has 5 aromatic rings. The van der Waals surface area contributed by atoms with Crippen LogP contribution in [-0.4, -0.2) is 33.8 Å². The van der Waals surface area contributed by atoms with Crippen LogP contribution in [0.1, 0.15) is 60.6 Å². The molecule has 1 fully saturated rings. The molecule has 2 N–H and O–H groups in total. The van der Waals surface area contributed by atoms with Crippen LogP contribution < -0.4 is 5.32 Å². The first-order valence-electron chi connectivity index (χ1n) is 16.0. The minimum Gasteiger partial charge on any atom is -0.462 e. The van der Waals surface area contributed by atoms with Crippen molar-refractivity contribution in [3.63, 3.8) is 0 Å². The summed E-state index contributed by atoms with van der Waals surface area (Å²) in [7, 11) is 0. The molecular formula is C40H41FN2O4. The standard InChI is InChI=1S/C33H33FN2O4.C7H8/c1-21(2)31-30(33(39)35-25-11-7-4-8-12-25)29(22-9-5-3-6-10-22)32(23-13-15-24(34)16-14-23)36(31)18-17-27-19-26(37)20-28(38)40-27;1-7-5-3-2-4-6-7/h3-16,21,26-27,37H,17-20H2,1-2H3,(H,35,39);2-6H,1H3/t26-,27-;/m0./s1. The number of halogens is 1. The summed E-state index contributed by atoms with van der Waals surface area (Å²) in [4.78, 5) is 26.1. The van der Waals surface area contributed by atoms with Crippen LogP contribution in [0, 0.1) is 12.7 Å². The number of nitrogens with one attached hydrogen (secondary N) is 1. The van der Waals surface area contributed by atoms with E-state index in [4.69, 9.17) is 4.74 Å². The predicted octanol–water partition coefficient (Wildman–Crippen LogP) is 8.79. The molecule has 1 aliphatic heterocycles. The summed E-state index contributed by atoms with van der Waals surface area (Å²) in [6, 6.07) is 35.6. The Morgan fingerprint density at radius 2 is 1.49 bits per heavy atom. The number of benzene rings is 4. The van der Waals surface area contributed by atoms with Crippen LogP contribution in [0.2, 0.25) is 0 Å². The fourth-order valence-electron chi connectivity index (χ4n) is 6.05. The molecule has 1 saturated heterocycles. The minimum absolute atomic E-state index is 0.0000536. The number of aliphatic hydroxyl groups is 1. The van der Waals surface area contributed by atoms with Crippen LogP contribution in [0.3, 0.4) is 0 Å². The highest BCUT2D eigenvalue weighted by molar-refractivity contribution is 6.12. The number of nitrogens with zero attached hydrogens (tertiary/aromatic N) is 1. The fraction of sp³-hybridized carbons (Fsp3) is 0.250. The van der Waals surface area contributed by atoms with Gasteiger partial charge in [-0.25, -0.2) is 4.39 Å². The molecular weight excluding hydrogens is 591 g/mol. The monoisotopic (exact) mass is 632 g/mol. The van der Waals surface area contributed by atoms with Gasteiger partial charge in [-0.15, -0.1) is 0 Å².